The summed E-state index contributed by atoms with van der Waals surface area (Å²) in [6, 6.07) is 10.5. The van der Waals surface area contributed by atoms with Crippen molar-refractivity contribution in [3.8, 4) is 5.75 Å². The third-order valence-corrected chi connectivity index (χ3v) is 3.78. The Morgan fingerprint density at radius 3 is 2.35 bits per heavy atom. The summed E-state index contributed by atoms with van der Waals surface area (Å²) < 4.78 is 15.7. The van der Waals surface area contributed by atoms with Crippen LogP contribution in [-0.4, -0.2) is 36.5 Å². The van der Waals surface area contributed by atoms with Gasteiger partial charge >= 0.3 is 5.97 Å². The number of nitrogens with zero attached hydrogens (tertiary/aromatic N) is 1. The van der Waals surface area contributed by atoms with Crippen molar-refractivity contribution in [3.63, 3.8) is 0 Å². The van der Waals surface area contributed by atoms with E-state index in [0.717, 1.165) is 0 Å². The van der Waals surface area contributed by atoms with Crippen LogP contribution in [0.2, 0.25) is 0 Å². The van der Waals surface area contributed by atoms with Crippen molar-refractivity contribution in [2.45, 2.75) is 33.4 Å². The zero-order chi connectivity index (χ0) is 19.1. The number of hydrogen-bond acceptors (Lipinski definition) is 5. The highest BCUT2D eigenvalue weighted by Gasteiger charge is 2.23. The van der Waals surface area contributed by atoms with Crippen molar-refractivity contribution in [1.82, 2.24) is 4.90 Å². The van der Waals surface area contributed by atoms with Gasteiger partial charge in [-0.25, -0.2) is 0 Å². The lowest BCUT2D eigenvalue weighted by atomic mass is 10.1. The van der Waals surface area contributed by atoms with Crippen LogP contribution in [0, 0.1) is 5.92 Å². The summed E-state index contributed by atoms with van der Waals surface area (Å²) in [4.78, 5) is 26.3. The number of methoxy groups -OCH3 is 1. The van der Waals surface area contributed by atoms with E-state index in [1.165, 1.54) is 7.11 Å². The van der Waals surface area contributed by atoms with Gasteiger partial charge in [-0.3, -0.25) is 9.59 Å². The lowest BCUT2D eigenvalue weighted by Crippen LogP contribution is -2.36. The molecule has 1 unspecified atom stereocenters. The highest BCUT2D eigenvalue weighted by atomic mass is 16.5. The second-order valence-electron chi connectivity index (χ2n) is 6.38. The Hall–Kier alpha value is -2.76. The number of ether oxygens (including phenoxy) is 2. The third-order valence-electron chi connectivity index (χ3n) is 3.78. The van der Waals surface area contributed by atoms with E-state index in [0.29, 0.717) is 17.1 Å². The van der Waals surface area contributed by atoms with Gasteiger partial charge in [0, 0.05) is 12.1 Å². The molecule has 0 aliphatic heterocycles. The van der Waals surface area contributed by atoms with Crippen LogP contribution in [-0.2, 0) is 16.1 Å². The van der Waals surface area contributed by atoms with Crippen LogP contribution < -0.4 is 4.74 Å². The van der Waals surface area contributed by atoms with E-state index in [9.17, 15) is 9.59 Å². The molecule has 2 rings (SSSR count). The molecule has 0 aliphatic rings. The smallest absolute Gasteiger partial charge is 0.310 e. The predicted octanol–water partition coefficient (Wildman–Crippen LogP) is 3.52. The Morgan fingerprint density at radius 1 is 1.12 bits per heavy atom. The number of amides is 1. The fraction of sp³-hybridized carbons (Fsp3) is 0.400. The molecule has 1 aromatic carbocycles. The molecule has 0 radical (unpaired) electrons. The Kier molecular flexibility index (Phi) is 6.83. The minimum absolute atomic E-state index is 0.0629. The van der Waals surface area contributed by atoms with Crippen LogP contribution in [0.3, 0.4) is 0 Å². The van der Waals surface area contributed by atoms with E-state index in [1.54, 1.807) is 54.5 Å². The van der Waals surface area contributed by atoms with Crippen molar-refractivity contribution in [2.75, 3.05) is 13.7 Å². The predicted molar refractivity (Wildman–Crippen MR) is 96.8 cm³/mol. The van der Waals surface area contributed by atoms with Gasteiger partial charge in [0.2, 0.25) is 0 Å². The van der Waals surface area contributed by atoms with Crippen LogP contribution in [0.25, 0.3) is 0 Å². The van der Waals surface area contributed by atoms with Crippen LogP contribution in [0.5, 0.6) is 5.75 Å². The van der Waals surface area contributed by atoms with Crippen LogP contribution in [0.15, 0.2) is 47.1 Å². The summed E-state index contributed by atoms with van der Waals surface area (Å²) in [6.45, 7) is 6.12. The van der Waals surface area contributed by atoms with Crippen molar-refractivity contribution in [3.05, 3.63) is 54.0 Å². The Morgan fingerprint density at radius 2 is 1.81 bits per heavy atom. The van der Waals surface area contributed by atoms with Gasteiger partial charge in [-0.15, -0.1) is 0 Å². The van der Waals surface area contributed by atoms with Crippen molar-refractivity contribution in [2.24, 2.45) is 5.92 Å². The molecule has 1 heterocycles. The van der Waals surface area contributed by atoms with Gasteiger partial charge in [-0.1, -0.05) is 6.92 Å². The molecule has 0 aliphatic carbocycles. The van der Waals surface area contributed by atoms with E-state index < -0.39 is 5.92 Å². The maximum Gasteiger partial charge on any atom is 0.310 e. The van der Waals surface area contributed by atoms with Gasteiger partial charge in [-0.05, 0) is 50.2 Å². The van der Waals surface area contributed by atoms with Crippen LogP contribution >= 0.6 is 0 Å². The molecule has 0 spiro atoms. The quantitative estimate of drug-likeness (QED) is 0.675. The average Bonchev–Trinajstić information content (AvgIpc) is 3.13. The minimum Gasteiger partial charge on any atom is -0.491 e. The summed E-state index contributed by atoms with van der Waals surface area (Å²) in [5, 5.41) is 0. The van der Waals surface area contributed by atoms with Gasteiger partial charge < -0.3 is 18.8 Å². The van der Waals surface area contributed by atoms with E-state index in [1.807, 2.05) is 13.8 Å². The average molecular weight is 359 g/mol. The first-order valence-corrected chi connectivity index (χ1v) is 8.57. The first kappa shape index (κ1) is 19.6. The number of carbonyl (C=O) groups excluding carboxylic acids is 2. The second-order valence-corrected chi connectivity index (χ2v) is 6.38. The summed E-state index contributed by atoms with van der Waals surface area (Å²) in [6.07, 6.45) is 1.62. The standard InChI is InChI=1S/C20H25NO5/c1-14(2)26-17-9-7-16(8-10-17)19(22)21(12-15(3)20(23)24-4)13-18-6-5-11-25-18/h5-11,14-15H,12-13H2,1-4H3. The second kappa shape index (κ2) is 9.08. The Balaban J connectivity index is 2.17. The molecule has 140 valence electrons. The molecule has 0 bridgehead atoms. The maximum absolute atomic E-state index is 12.9. The molecule has 0 fully saturated rings. The van der Waals surface area contributed by atoms with Gasteiger partial charge in [0.25, 0.3) is 5.91 Å². The van der Waals surface area contributed by atoms with Gasteiger partial charge in [-0.2, -0.15) is 0 Å². The fourth-order valence-corrected chi connectivity index (χ4v) is 2.55. The molecule has 6 nitrogen and oxygen atoms in total. The Labute approximate surface area is 153 Å². The third kappa shape index (κ3) is 5.37. The van der Waals surface area contributed by atoms with Crippen LogP contribution in [0.1, 0.15) is 36.9 Å². The summed E-state index contributed by atoms with van der Waals surface area (Å²) in [5.41, 5.74) is 0.518. The zero-order valence-electron chi connectivity index (χ0n) is 15.6. The maximum atomic E-state index is 12.9. The molecule has 0 saturated heterocycles. The molecule has 1 atom stereocenters. The number of carbonyl (C=O) groups is 2. The molecular weight excluding hydrogens is 334 g/mol. The molecule has 0 saturated carbocycles. The van der Waals surface area contributed by atoms with Gasteiger partial charge in [0.1, 0.15) is 11.5 Å². The number of rotatable bonds is 8. The minimum atomic E-state index is -0.442. The largest absolute Gasteiger partial charge is 0.491 e. The first-order valence-electron chi connectivity index (χ1n) is 8.57. The van der Waals surface area contributed by atoms with Crippen molar-refractivity contribution < 1.29 is 23.5 Å². The molecule has 26 heavy (non-hydrogen) atoms. The van der Waals surface area contributed by atoms with E-state index in [4.69, 9.17) is 13.9 Å². The van der Waals surface area contributed by atoms with E-state index in [-0.39, 0.29) is 31.1 Å². The SMILES string of the molecule is COC(=O)C(C)CN(Cc1ccco1)C(=O)c1ccc(OC(C)C)cc1. The molecular formula is C20H25NO5. The summed E-state index contributed by atoms with van der Waals surface area (Å²) in [7, 11) is 1.34. The zero-order valence-corrected chi connectivity index (χ0v) is 15.6. The monoisotopic (exact) mass is 359 g/mol. The van der Waals surface area contributed by atoms with Crippen molar-refractivity contribution >= 4 is 11.9 Å². The first-order chi connectivity index (χ1) is 12.4. The number of furan rings is 1. The molecule has 1 aromatic heterocycles. The molecule has 1 amide bonds. The number of benzene rings is 1. The van der Waals surface area contributed by atoms with Gasteiger partial charge in [0.15, 0.2) is 0 Å². The number of esters is 1. The van der Waals surface area contributed by atoms with E-state index in [2.05, 4.69) is 0 Å². The lowest BCUT2D eigenvalue weighted by Gasteiger charge is -2.24. The molecule has 0 N–H and O–H groups in total. The van der Waals surface area contributed by atoms with E-state index >= 15 is 0 Å². The van der Waals surface area contributed by atoms with Crippen molar-refractivity contribution in [1.29, 1.82) is 0 Å². The highest BCUT2D eigenvalue weighted by Crippen LogP contribution is 2.18. The fourth-order valence-electron chi connectivity index (χ4n) is 2.55. The van der Waals surface area contributed by atoms with Gasteiger partial charge in [0.05, 0.1) is 31.9 Å². The summed E-state index contributed by atoms with van der Waals surface area (Å²) in [5.74, 6) is 0.367. The highest BCUT2D eigenvalue weighted by molar-refractivity contribution is 5.94. The lowest BCUT2D eigenvalue weighted by molar-refractivity contribution is -0.145. The van der Waals surface area contributed by atoms with Crippen LogP contribution in [0.4, 0.5) is 0 Å². The summed E-state index contributed by atoms with van der Waals surface area (Å²) >= 11 is 0. The topological polar surface area (TPSA) is 69.0 Å². The molecule has 6 heteroatoms. The Bertz CT molecular complexity index is 706. The normalized spacial score (nSPS) is 11.9. The number of hydrogen-bond donors (Lipinski definition) is 0. The molecule has 2 aromatic rings.